The lowest BCUT2D eigenvalue weighted by Crippen LogP contribution is -2.54. The van der Waals surface area contributed by atoms with E-state index in [0.717, 1.165) is 64.5 Å². The van der Waals surface area contributed by atoms with Crippen molar-refractivity contribution >= 4 is 17.6 Å². The maximum Gasteiger partial charge on any atom is 0.227 e. The number of amides is 2. The molecule has 1 heterocycles. The van der Waals surface area contributed by atoms with Crippen LogP contribution in [0.1, 0.15) is 111 Å². The van der Waals surface area contributed by atoms with Crippen LogP contribution in [0.2, 0.25) is 0 Å². The summed E-state index contributed by atoms with van der Waals surface area (Å²) in [5.74, 6) is 1.03. The van der Waals surface area contributed by atoms with E-state index in [2.05, 4.69) is 39.2 Å². The van der Waals surface area contributed by atoms with Gasteiger partial charge in [0, 0.05) is 25.6 Å². The number of rotatable bonds is 8. The zero-order chi connectivity index (χ0) is 30.3. The summed E-state index contributed by atoms with van der Waals surface area (Å²) in [6.45, 7) is 20.3. The molecule has 2 fully saturated rings. The van der Waals surface area contributed by atoms with Crippen molar-refractivity contribution in [3.05, 3.63) is 54.6 Å². The zero-order valence-corrected chi connectivity index (χ0v) is 25.9. The maximum absolute atomic E-state index is 13.5. The first-order valence-electron chi connectivity index (χ1n) is 14.9. The van der Waals surface area contributed by atoms with Gasteiger partial charge in [0.15, 0.2) is 0 Å². The highest BCUT2D eigenvalue weighted by Gasteiger charge is 2.41. The topological polar surface area (TPSA) is 86.7 Å². The molecular formula is C34H54N2O4. The molecule has 3 rings (SSSR count). The predicted octanol–water partition coefficient (Wildman–Crippen LogP) is 7.33. The number of carbonyl (C=O) groups is 3. The second-order valence-electron chi connectivity index (χ2n) is 12.2. The molecule has 0 spiro atoms. The van der Waals surface area contributed by atoms with Gasteiger partial charge in [0.1, 0.15) is 11.5 Å². The van der Waals surface area contributed by atoms with E-state index < -0.39 is 0 Å². The lowest BCUT2D eigenvalue weighted by Gasteiger charge is -2.46. The number of likely N-dealkylation sites (tertiary alicyclic amines) is 1. The first-order chi connectivity index (χ1) is 18.8. The average molecular weight is 555 g/mol. The quantitative estimate of drug-likeness (QED) is 0.329. The van der Waals surface area contributed by atoms with Crippen LogP contribution in [0.5, 0.6) is 5.75 Å². The van der Waals surface area contributed by atoms with Crippen LogP contribution < -0.4 is 5.32 Å². The largest absolute Gasteiger partial charge is 0.508 e. The number of piperidine rings is 1. The average Bonchev–Trinajstić information content (AvgIpc) is 2.87. The van der Waals surface area contributed by atoms with Crippen molar-refractivity contribution in [2.45, 2.75) is 111 Å². The van der Waals surface area contributed by atoms with Crippen LogP contribution in [-0.4, -0.2) is 46.7 Å². The SMILES string of the molecule is C=CCC(=C)C.CC(C)=O.CCCCC(=O)NC1CCCCC1C(=O)N1CCC(c2ccc(O)cc2)C(C)(C)C1. The third-order valence-electron chi connectivity index (χ3n) is 7.52. The van der Waals surface area contributed by atoms with Crippen LogP contribution >= 0.6 is 0 Å². The van der Waals surface area contributed by atoms with E-state index in [-0.39, 0.29) is 40.7 Å². The summed E-state index contributed by atoms with van der Waals surface area (Å²) in [6.07, 6.45) is 10.1. The van der Waals surface area contributed by atoms with E-state index >= 15 is 0 Å². The molecule has 2 N–H and O–H groups in total. The molecule has 224 valence electrons. The molecule has 1 saturated carbocycles. The smallest absolute Gasteiger partial charge is 0.227 e. The summed E-state index contributed by atoms with van der Waals surface area (Å²) >= 11 is 0. The van der Waals surface area contributed by atoms with Crippen molar-refractivity contribution in [1.82, 2.24) is 10.2 Å². The number of unbranched alkanes of at least 4 members (excludes halogenated alkanes) is 1. The Bertz CT molecular complexity index is 963. The van der Waals surface area contributed by atoms with Gasteiger partial charge in [-0.1, -0.05) is 70.4 Å². The molecule has 0 aromatic heterocycles. The molecule has 2 amide bonds. The van der Waals surface area contributed by atoms with Crippen molar-refractivity contribution < 1.29 is 19.5 Å². The second-order valence-corrected chi connectivity index (χ2v) is 12.2. The minimum Gasteiger partial charge on any atom is -0.508 e. The van der Waals surface area contributed by atoms with Gasteiger partial charge in [-0.15, -0.1) is 6.58 Å². The monoisotopic (exact) mass is 554 g/mol. The number of hydrogen-bond donors (Lipinski definition) is 2. The number of Topliss-reactive ketones (excluding diaryl/α,β-unsaturated/α-hetero) is 1. The fraction of sp³-hybridized carbons (Fsp3) is 0.618. The molecule has 2 aliphatic rings. The predicted molar refractivity (Wildman–Crippen MR) is 165 cm³/mol. The van der Waals surface area contributed by atoms with Gasteiger partial charge < -0.3 is 20.1 Å². The minimum absolute atomic E-state index is 0.0199. The summed E-state index contributed by atoms with van der Waals surface area (Å²) in [7, 11) is 0. The first kappa shape index (κ1) is 35.1. The molecule has 6 nitrogen and oxygen atoms in total. The van der Waals surface area contributed by atoms with E-state index in [4.69, 9.17) is 0 Å². The van der Waals surface area contributed by atoms with Crippen LogP contribution in [-0.2, 0) is 14.4 Å². The van der Waals surface area contributed by atoms with Gasteiger partial charge in [-0.05, 0) is 81.9 Å². The lowest BCUT2D eigenvalue weighted by molar-refractivity contribution is -0.141. The minimum atomic E-state index is -0.0923. The van der Waals surface area contributed by atoms with Gasteiger partial charge in [-0.3, -0.25) is 9.59 Å². The van der Waals surface area contributed by atoms with Crippen molar-refractivity contribution in [2.75, 3.05) is 13.1 Å². The fourth-order valence-electron chi connectivity index (χ4n) is 5.57. The molecular weight excluding hydrogens is 500 g/mol. The van der Waals surface area contributed by atoms with Crippen LogP contribution in [0, 0.1) is 11.3 Å². The van der Waals surface area contributed by atoms with Crippen molar-refractivity contribution in [3.63, 3.8) is 0 Å². The summed E-state index contributed by atoms with van der Waals surface area (Å²) in [5.41, 5.74) is 2.35. The van der Waals surface area contributed by atoms with Gasteiger partial charge >= 0.3 is 0 Å². The Morgan fingerprint density at radius 3 is 2.17 bits per heavy atom. The van der Waals surface area contributed by atoms with Gasteiger partial charge in [-0.2, -0.15) is 0 Å². The molecule has 40 heavy (non-hydrogen) atoms. The van der Waals surface area contributed by atoms with Crippen molar-refractivity contribution in [2.24, 2.45) is 11.3 Å². The van der Waals surface area contributed by atoms with Crippen LogP contribution in [0.4, 0.5) is 0 Å². The number of allylic oxidation sites excluding steroid dienone is 2. The van der Waals surface area contributed by atoms with Gasteiger partial charge in [0.05, 0.1) is 5.92 Å². The second kappa shape index (κ2) is 17.7. The first-order valence-corrected chi connectivity index (χ1v) is 14.9. The summed E-state index contributed by atoms with van der Waals surface area (Å²) in [4.78, 5) is 37.2. The normalized spacial score (nSPS) is 21.4. The summed E-state index contributed by atoms with van der Waals surface area (Å²) in [6, 6.07) is 7.48. The zero-order valence-electron chi connectivity index (χ0n) is 25.9. The van der Waals surface area contributed by atoms with E-state index in [1.165, 1.54) is 25.0 Å². The maximum atomic E-state index is 13.5. The Balaban J connectivity index is 0.000000686. The van der Waals surface area contributed by atoms with Gasteiger partial charge in [0.2, 0.25) is 11.8 Å². The molecule has 1 aliphatic carbocycles. The Morgan fingerprint density at radius 1 is 1.07 bits per heavy atom. The number of ketones is 1. The lowest BCUT2D eigenvalue weighted by atomic mass is 9.70. The third-order valence-corrected chi connectivity index (χ3v) is 7.52. The Kier molecular flexibility index (Phi) is 15.6. The van der Waals surface area contributed by atoms with Crippen molar-refractivity contribution in [1.29, 1.82) is 0 Å². The molecule has 1 aromatic rings. The van der Waals surface area contributed by atoms with E-state index in [0.29, 0.717) is 12.3 Å². The Hall–Kier alpha value is -2.89. The molecule has 1 saturated heterocycles. The number of nitrogens with zero attached hydrogens (tertiary/aromatic N) is 1. The molecule has 1 aliphatic heterocycles. The summed E-state index contributed by atoms with van der Waals surface area (Å²) in [5, 5.41) is 12.8. The van der Waals surface area contributed by atoms with Crippen LogP contribution in [0.3, 0.4) is 0 Å². The number of carbonyl (C=O) groups excluding carboxylic acids is 3. The standard InChI is InChI=1S/C25H38N2O3.C6H10.C3H6O/c1-4-5-10-23(29)26-22-9-7-6-8-20(22)24(30)27-16-15-21(25(2,3)17-27)18-11-13-19(28)14-12-18;1-4-5-6(2)3;1-3(2)4/h11-14,20-22,28H,4-10,15-17H2,1-3H3,(H,26,29);4H,1-2,5H2,3H3;1-2H3. The van der Waals surface area contributed by atoms with E-state index in [1.807, 2.05) is 30.0 Å². The number of phenols is 1. The third kappa shape index (κ3) is 12.5. The van der Waals surface area contributed by atoms with Gasteiger partial charge in [0.25, 0.3) is 0 Å². The van der Waals surface area contributed by atoms with Crippen LogP contribution in [0.25, 0.3) is 0 Å². The Labute approximate surface area is 243 Å². The number of hydrogen-bond acceptors (Lipinski definition) is 4. The highest BCUT2D eigenvalue weighted by molar-refractivity contribution is 5.82. The number of phenolic OH excluding ortho intramolecular Hbond substituents is 1. The number of benzene rings is 1. The molecule has 0 bridgehead atoms. The summed E-state index contributed by atoms with van der Waals surface area (Å²) < 4.78 is 0. The molecule has 0 radical (unpaired) electrons. The van der Waals surface area contributed by atoms with E-state index in [1.54, 1.807) is 12.1 Å². The highest BCUT2D eigenvalue weighted by atomic mass is 16.3. The molecule has 1 aromatic carbocycles. The number of aromatic hydroxyl groups is 1. The van der Waals surface area contributed by atoms with E-state index in [9.17, 15) is 19.5 Å². The molecule has 6 heteroatoms. The number of nitrogens with one attached hydrogen (secondary N) is 1. The fourth-order valence-corrected chi connectivity index (χ4v) is 5.57. The highest BCUT2D eigenvalue weighted by Crippen LogP contribution is 2.43. The molecule has 3 unspecified atom stereocenters. The van der Waals surface area contributed by atoms with Crippen molar-refractivity contribution in [3.8, 4) is 5.75 Å². The Morgan fingerprint density at radius 2 is 1.68 bits per heavy atom. The molecule has 3 atom stereocenters. The van der Waals surface area contributed by atoms with Crippen LogP contribution in [0.15, 0.2) is 49.1 Å². The van der Waals surface area contributed by atoms with Gasteiger partial charge in [-0.25, -0.2) is 0 Å².